The molecule has 0 fully saturated rings. The molecular formula is C15H16Br2ClNS. The Morgan fingerprint density at radius 1 is 1.30 bits per heavy atom. The lowest BCUT2D eigenvalue weighted by molar-refractivity contribution is 0.536. The van der Waals surface area contributed by atoms with E-state index in [0.29, 0.717) is 6.04 Å². The summed E-state index contributed by atoms with van der Waals surface area (Å²) in [6.45, 7) is 3.19. The number of thiophene rings is 1. The van der Waals surface area contributed by atoms with E-state index in [1.807, 2.05) is 0 Å². The van der Waals surface area contributed by atoms with Crippen LogP contribution >= 0.6 is 54.8 Å². The van der Waals surface area contributed by atoms with Crippen molar-refractivity contribution in [2.45, 2.75) is 25.8 Å². The second-order valence-electron chi connectivity index (χ2n) is 4.61. The van der Waals surface area contributed by atoms with E-state index in [1.54, 1.807) is 11.3 Å². The van der Waals surface area contributed by atoms with Crippen LogP contribution in [0.25, 0.3) is 0 Å². The molecule has 1 unspecified atom stereocenters. The molecule has 20 heavy (non-hydrogen) atoms. The van der Waals surface area contributed by atoms with Gasteiger partial charge in [0.05, 0.1) is 0 Å². The minimum absolute atomic E-state index is 0.304. The van der Waals surface area contributed by atoms with Crippen molar-refractivity contribution in [3.63, 3.8) is 0 Å². The Kier molecular flexibility index (Phi) is 6.56. The quantitative estimate of drug-likeness (QED) is 0.566. The fourth-order valence-corrected chi connectivity index (χ4v) is 4.29. The SMILES string of the molecule is CCCNC(Cc1cccc(Br)c1)c1cc(Br)c(Cl)s1. The second kappa shape index (κ2) is 7.95. The van der Waals surface area contributed by atoms with Gasteiger partial charge in [-0.05, 0) is 59.1 Å². The third-order valence-electron chi connectivity index (χ3n) is 2.98. The lowest BCUT2D eigenvalue weighted by atomic mass is 10.0. The number of nitrogens with one attached hydrogen (secondary N) is 1. The van der Waals surface area contributed by atoms with Crippen LogP contribution in [0.4, 0.5) is 0 Å². The van der Waals surface area contributed by atoms with E-state index in [9.17, 15) is 0 Å². The molecule has 0 aliphatic heterocycles. The predicted molar refractivity (Wildman–Crippen MR) is 95.9 cm³/mol. The van der Waals surface area contributed by atoms with Crippen LogP contribution in [-0.4, -0.2) is 6.54 Å². The Balaban J connectivity index is 2.19. The van der Waals surface area contributed by atoms with Gasteiger partial charge in [0.1, 0.15) is 4.34 Å². The molecule has 108 valence electrons. The average molecular weight is 438 g/mol. The maximum absolute atomic E-state index is 6.17. The van der Waals surface area contributed by atoms with E-state index in [2.05, 4.69) is 74.4 Å². The second-order valence-corrected chi connectivity index (χ2v) is 8.07. The molecule has 2 rings (SSSR count). The highest BCUT2D eigenvalue weighted by Gasteiger charge is 2.16. The van der Waals surface area contributed by atoms with Crippen molar-refractivity contribution >= 4 is 54.8 Å². The normalized spacial score (nSPS) is 12.6. The molecule has 0 bridgehead atoms. The van der Waals surface area contributed by atoms with E-state index in [0.717, 1.165) is 32.7 Å². The van der Waals surface area contributed by atoms with Crippen LogP contribution in [0.3, 0.4) is 0 Å². The maximum Gasteiger partial charge on any atom is 0.107 e. The highest BCUT2D eigenvalue weighted by atomic mass is 79.9. The van der Waals surface area contributed by atoms with Crippen LogP contribution in [0.1, 0.15) is 29.8 Å². The Morgan fingerprint density at radius 3 is 2.70 bits per heavy atom. The summed E-state index contributed by atoms with van der Waals surface area (Å²) in [6, 6.07) is 10.9. The fraction of sp³-hybridized carbons (Fsp3) is 0.333. The topological polar surface area (TPSA) is 12.0 Å². The van der Waals surface area contributed by atoms with Crippen LogP contribution in [0.15, 0.2) is 39.3 Å². The summed E-state index contributed by atoms with van der Waals surface area (Å²) in [5.74, 6) is 0. The highest BCUT2D eigenvalue weighted by molar-refractivity contribution is 9.10. The van der Waals surface area contributed by atoms with Crippen LogP contribution in [-0.2, 0) is 6.42 Å². The molecule has 2 aromatic rings. The van der Waals surface area contributed by atoms with Crippen molar-refractivity contribution < 1.29 is 0 Å². The van der Waals surface area contributed by atoms with Crippen molar-refractivity contribution in [3.05, 3.63) is 54.1 Å². The van der Waals surface area contributed by atoms with Gasteiger partial charge in [-0.15, -0.1) is 11.3 Å². The molecule has 1 atom stereocenters. The van der Waals surface area contributed by atoms with Gasteiger partial charge in [0.25, 0.3) is 0 Å². The zero-order valence-corrected chi connectivity index (χ0v) is 15.9. The molecular weight excluding hydrogens is 422 g/mol. The molecule has 0 saturated heterocycles. The van der Waals surface area contributed by atoms with Gasteiger partial charge in [-0.25, -0.2) is 0 Å². The fourth-order valence-electron chi connectivity index (χ4n) is 2.03. The third kappa shape index (κ3) is 4.57. The molecule has 0 amide bonds. The molecule has 0 aliphatic rings. The monoisotopic (exact) mass is 435 g/mol. The Labute approximate surface area is 146 Å². The van der Waals surface area contributed by atoms with Crippen molar-refractivity contribution in [3.8, 4) is 0 Å². The molecule has 0 saturated carbocycles. The summed E-state index contributed by atoms with van der Waals surface area (Å²) in [5, 5.41) is 3.61. The number of hydrogen-bond acceptors (Lipinski definition) is 2. The van der Waals surface area contributed by atoms with E-state index in [-0.39, 0.29) is 0 Å². The number of hydrogen-bond donors (Lipinski definition) is 1. The first kappa shape index (κ1) is 16.5. The van der Waals surface area contributed by atoms with Crippen LogP contribution in [0, 0.1) is 0 Å². The maximum atomic E-state index is 6.17. The molecule has 1 N–H and O–H groups in total. The zero-order chi connectivity index (χ0) is 14.5. The van der Waals surface area contributed by atoms with Crippen molar-refractivity contribution in [2.75, 3.05) is 6.54 Å². The smallest absolute Gasteiger partial charge is 0.107 e. The van der Waals surface area contributed by atoms with Gasteiger partial charge in [0.15, 0.2) is 0 Å². The lowest BCUT2D eigenvalue weighted by Crippen LogP contribution is -2.23. The lowest BCUT2D eigenvalue weighted by Gasteiger charge is -2.17. The highest BCUT2D eigenvalue weighted by Crippen LogP contribution is 2.36. The molecule has 5 heteroatoms. The first-order valence-corrected chi connectivity index (χ1v) is 9.30. The van der Waals surface area contributed by atoms with Crippen LogP contribution < -0.4 is 5.32 Å². The zero-order valence-electron chi connectivity index (χ0n) is 11.1. The molecule has 1 heterocycles. The van der Waals surface area contributed by atoms with Crippen molar-refractivity contribution in [1.82, 2.24) is 5.32 Å². The first-order chi connectivity index (χ1) is 9.60. The first-order valence-electron chi connectivity index (χ1n) is 6.52. The number of rotatable bonds is 6. The van der Waals surface area contributed by atoms with Crippen LogP contribution in [0.2, 0.25) is 4.34 Å². The van der Waals surface area contributed by atoms with Crippen molar-refractivity contribution in [2.24, 2.45) is 0 Å². The summed E-state index contributed by atoms with van der Waals surface area (Å²) in [5.41, 5.74) is 1.31. The summed E-state index contributed by atoms with van der Waals surface area (Å²) < 4.78 is 2.92. The van der Waals surface area contributed by atoms with E-state index in [1.165, 1.54) is 10.4 Å². The summed E-state index contributed by atoms with van der Waals surface area (Å²) >= 11 is 14.8. The average Bonchev–Trinajstić information content (AvgIpc) is 2.74. The Morgan fingerprint density at radius 2 is 2.10 bits per heavy atom. The summed E-state index contributed by atoms with van der Waals surface area (Å²) in [7, 11) is 0. The van der Waals surface area contributed by atoms with Gasteiger partial charge in [-0.2, -0.15) is 0 Å². The van der Waals surface area contributed by atoms with E-state index >= 15 is 0 Å². The van der Waals surface area contributed by atoms with E-state index < -0.39 is 0 Å². The largest absolute Gasteiger partial charge is 0.309 e. The van der Waals surface area contributed by atoms with E-state index in [4.69, 9.17) is 11.6 Å². The summed E-state index contributed by atoms with van der Waals surface area (Å²) in [6.07, 6.45) is 2.08. The summed E-state index contributed by atoms with van der Waals surface area (Å²) in [4.78, 5) is 1.27. The minimum atomic E-state index is 0.304. The van der Waals surface area contributed by atoms with Gasteiger partial charge in [-0.3, -0.25) is 0 Å². The molecule has 0 spiro atoms. The van der Waals surface area contributed by atoms with Gasteiger partial charge in [-0.1, -0.05) is 46.6 Å². The Bertz CT molecular complexity index is 551. The van der Waals surface area contributed by atoms with Crippen LogP contribution in [0.5, 0.6) is 0 Å². The Hall–Kier alpha value is 0.130. The number of halogens is 3. The van der Waals surface area contributed by atoms with Gasteiger partial charge >= 0.3 is 0 Å². The minimum Gasteiger partial charge on any atom is -0.309 e. The molecule has 0 radical (unpaired) electrons. The third-order valence-corrected chi connectivity index (χ3v) is 6.06. The molecule has 0 aliphatic carbocycles. The number of benzene rings is 1. The standard InChI is InChI=1S/C15H16Br2ClNS/c1-2-6-19-13(14-9-12(17)15(18)20-14)8-10-4-3-5-11(16)7-10/h3-5,7,9,13,19H,2,6,8H2,1H3. The molecule has 1 aromatic carbocycles. The van der Waals surface area contributed by atoms with Crippen molar-refractivity contribution in [1.29, 1.82) is 0 Å². The van der Waals surface area contributed by atoms with Gasteiger partial charge < -0.3 is 5.32 Å². The van der Waals surface area contributed by atoms with Gasteiger partial charge in [0.2, 0.25) is 0 Å². The molecule has 1 nitrogen and oxygen atoms in total. The molecule has 1 aromatic heterocycles. The predicted octanol–water partition coefficient (Wildman–Crippen LogP) is 6.21. The van der Waals surface area contributed by atoms with Gasteiger partial charge in [0, 0.05) is 19.9 Å².